The highest BCUT2D eigenvalue weighted by Gasteiger charge is 2.28. The minimum absolute atomic E-state index is 0.0405. The molecule has 1 aromatic heterocycles. The molecule has 4 rings (SSSR count). The fraction of sp³-hybridized carbons (Fsp3) is 0.231. The Kier molecular flexibility index (Phi) is 6.49. The summed E-state index contributed by atoms with van der Waals surface area (Å²) in [5.41, 5.74) is 1.13. The van der Waals surface area contributed by atoms with Crippen molar-refractivity contribution in [1.29, 1.82) is 0 Å². The molecule has 35 heavy (non-hydrogen) atoms. The molecule has 0 unspecified atom stereocenters. The molecule has 3 aromatic rings. The van der Waals surface area contributed by atoms with Crippen LogP contribution in [0.4, 0.5) is 0 Å². The number of hydrogen-bond donors (Lipinski definition) is 1. The molecular weight excluding hydrogens is 472 g/mol. The molecule has 0 spiro atoms. The first-order chi connectivity index (χ1) is 16.5. The van der Waals surface area contributed by atoms with Gasteiger partial charge < -0.3 is 19.4 Å². The van der Waals surface area contributed by atoms with Gasteiger partial charge in [0.05, 0.1) is 16.8 Å². The van der Waals surface area contributed by atoms with Crippen molar-refractivity contribution in [1.82, 2.24) is 9.88 Å². The summed E-state index contributed by atoms with van der Waals surface area (Å²) in [6, 6.07) is 12.2. The van der Waals surface area contributed by atoms with Gasteiger partial charge in [-0.05, 0) is 50.6 Å². The largest absolute Gasteiger partial charge is 0.456 e. The van der Waals surface area contributed by atoms with E-state index >= 15 is 0 Å². The minimum Gasteiger partial charge on any atom is -0.456 e. The van der Waals surface area contributed by atoms with Gasteiger partial charge in [0.1, 0.15) is 12.2 Å². The van der Waals surface area contributed by atoms with Crippen LogP contribution in [-0.2, 0) is 25.6 Å². The number of rotatable bonds is 6. The predicted molar refractivity (Wildman–Crippen MR) is 129 cm³/mol. The molecule has 180 valence electrons. The minimum atomic E-state index is -0.945. The van der Waals surface area contributed by atoms with Gasteiger partial charge in [-0.25, -0.2) is 9.59 Å². The summed E-state index contributed by atoms with van der Waals surface area (Å²) in [5.74, 6) is -3.01. The molecule has 0 saturated heterocycles. The fourth-order valence-electron chi connectivity index (χ4n) is 3.72. The summed E-state index contributed by atoms with van der Waals surface area (Å²) in [5, 5.41) is 3.31. The lowest BCUT2D eigenvalue weighted by molar-refractivity contribution is -0.135. The van der Waals surface area contributed by atoms with Crippen LogP contribution in [0.5, 0.6) is 0 Å². The maximum Gasteiger partial charge on any atom is 0.339 e. The third kappa shape index (κ3) is 5.44. The van der Waals surface area contributed by atoms with Crippen molar-refractivity contribution < 1.29 is 28.7 Å². The van der Waals surface area contributed by atoms with Crippen LogP contribution in [0.3, 0.4) is 0 Å². The van der Waals surface area contributed by atoms with Gasteiger partial charge >= 0.3 is 11.9 Å². The second kappa shape index (κ2) is 9.38. The Bertz CT molecular complexity index is 1380. The van der Waals surface area contributed by atoms with Crippen molar-refractivity contribution in [2.75, 3.05) is 6.61 Å². The zero-order valence-corrected chi connectivity index (χ0v) is 20.1. The van der Waals surface area contributed by atoms with Crippen LogP contribution >= 0.6 is 11.6 Å². The van der Waals surface area contributed by atoms with E-state index in [1.807, 2.05) is 12.1 Å². The Balaban J connectivity index is 1.79. The molecule has 0 fully saturated rings. The van der Waals surface area contributed by atoms with Crippen LogP contribution in [0.1, 0.15) is 47.1 Å². The van der Waals surface area contributed by atoms with Gasteiger partial charge in [0.15, 0.2) is 0 Å². The number of esters is 2. The third-order valence-electron chi connectivity index (χ3n) is 5.18. The van der Waals surface area contributed by atoms with E-state index in [9.17, 15) is 19.2 Å². The number of ketones is 1. The third-order valence-corrected chi connectivity index (χ3v) is 5.43. The van der Waals surface area contributed by atoms with Crippen molar-refractivity contribution >= 4 is 46.1 Å². The highest BCUT2D eigenvalue weighted by molar-refractivity contribution is 6.45. The lowest BCUT2D eigenvalue weighted by atomic mass is 10.0. The standard InChI is InChI=1S/C26H23ClN2O6/c1-26(2,3)35-25(33)18-5-4-6-20-22(18)19(13-29(20)12-15-7-9-16(27)10-8-15)23(31)24(32)28-17-11-21(30)34-14-17/h4-11,13H,12,14H2,1-3H3,(H,28,32). The topological polar surface area (TPSA) is 104 Å². The number of fused-ring (bicyclic) bond motifs is 1. The number of nitrogens with one attached hydrogen (secondary N) is 1. The second-order valence-electron chi connectivity index (χ2n) is 9.06. The Morgan fingerprint density at radius 1 is 1.09 bits per heavy atom. The maximum atomic E-state index is 13.3. The molecule has 0 saturated carbocycles. The molecule has 0 aliphatic carbocycles. The lowest BCUT2D eigenvalue weighted by Crippen LogP contribution is -2.31. The molecule has 0 bridgehead atoms. The number of Topliss-reactive ketones (excluding diaryl/α,β-unsaturated/α-hetero) is 1. The summed E-state index contributed by atoms with van der Waals surface area (Å²) < 4.78 is 12.1. The Hall–Kier alpha value is -3.91. The highest BCUT2D eigenvalue weighted by Crippen LogP contribution is 2.29. The van der Waals surface area contributed by atoms with Crippen LogP contribution < -0.4 is 5.32 Å². The maximum absolute atomic E-state index is 13.3. The van der Waals surface area contributed by atoms with Crippen LogP contribution in [0.15, 0.2) is 60.4 Å². The molecule has 2 heterocycles. The molecule has 0 radical (unpaired) electrons. The number of cyclic esters (lactones) is 1. The lowest BCUT2D eigenvalue weighted by Gasteiger charge is -2.20. The molecule has 2 aromatic carbocycles. The monoisotopic (exact) mass is 494 g/mol. The summed E-state index contributed by atoms with van der Waals surface area (Å²) in [6.45, 7) is 5.48. The number of halogens is 1. The molecule has 1 aliphatic heterocycles. The molecule has 8 nitrogen and oxygen atoms in total. The van der Waals surface area contributed by atoms with E-state index in [4.69, 9.17) is 21.1 Å². The molecular formula is C26H23ClN2O6. The molecule has 0 atom stereocenters. The van der Waals surface area contributed by atoms with E-state index in [1.165, 1.54) is 0 Å². The Morgan fingerprint density at radius 2 is 1.80 bits per heavy atom. The summed E-state index contributed by atoms with van der Waals surface area (Å²) in [4.78, 5) is 50.3. The zero-order chi connectivity index (χ0) is 25.3. The van der Waals surface area contributed by atoms with Gasteiger partial charge in [0.25, 0.3) is 11.7 Å². The van der Waals surface area contributed by atoms with Crippen LogP contribution in [0.2, 0.25) is 5.02 Å². The second-order valence-corrected chi connectivity index (χ2v) is 9.50. The van der Waals surface area contributed by atoms with E-state index in [0.29, 0.717) is 22.5 Å². The van der Waals surface area contributed by atoms with Gasteiger partial charge in [-0.3, -0.25) is 9.59 Å². The van der Waals surface area contributed by atoms with Crippen molar-refractivity contribution in [2.45, 2.75) is 32.9 Å². The van der Waals surface area contributed by atoms with Crippen molar-refractivity contribution in [3.63, 3.8) is 0 Å². The van der Waals surface area contributed by atoms with E-state index in [-0.39, 0.29) is 23.4 Å². The van der Waals surface area contributed by atoms with E-state index < -0.39 is 29.2 Å². The van der Waals surface area contributed by atoms with Crippen LogP contribution in [0.25, 0.3) is 10.9 Å². The number of amides is 1. The number of carbonyl (C=O) groups is 4. The normalized spacial score (nSPS) is 13.4. The summed E-state index contributed by atoms with van der Waals surface area (Å²) >= 11 is 6.00. The van der Waals surface area contributed by atoms with E-state index in [1.54, 1.807) is 61.9 Å². The van der Waals surface area contributed by atoms with Gasteiger partial charge in [0, 0.05) is 34.7 Å². The number of hydrogen-bond acceptors (Lipinski definition) is 6. The highest BCUT2D eigenvalue weighted by atomic mass is 35.5. The first-order valence-electron chi connectivity index (χ1n) is 10.8. The van der Waals surface area contributed by atoms with Crippen molar-refractivity contribution in [2.24, 2.45) is 0 Å². The van der Waals surface area contributed by atoms with E-state index in [2.05, 4.69) is 5.32 Å². The van der Waals surface area contributed by atoms with Crippen LogP contribution in [0, 0.1) is 0 Å². The Labute approximate surface area is 206 Å². The zero-order valence-electron chi connectivity index (χ0n) is 19.4. The smallest absolute Gasteiger partial charge is 0.339 e. The van der Waals surface area contributed by atoms with E-state index in [0.717, 1.165) is 11.6 Å². The number of ether oxygens (including phenoxy) is 2. The average molecular weight is 495 g/mol. The van der Waals surface area contributed by atoms with Gasteiger partial charge in [-0.1, -0.05) is 29.8 Å². The summed E-state index contributed by atoms with van der Waals surface area (Å²) in [7, 11) is 0. The number of carbonyl (C=O) groups excluding carboxylic acids is 4. The number of aromatic nitrogens is 1. The molecule has 1 amide bonds. The molecule has 9 heteroatoms. The first kappa shape index (κ1) is 24.2. The SMILES string of the molecule is CC(C)(C)OC(=O)c1cccc2c1c(C(=O)C(=O)NC1=CC(=O)OC1)cn2Cc1ccc(Cl)cc1. The quantitative estimate of drug-likeness (QED) is 0.315. The van der Waals surface area contributed by atoms with Crippen molar-refractivity contribution in [3.8, 4) is 0 Å². The predicted octanol–water partition coefficient (Wildman–Crippen LogP) is 4.04. The molecule has 1 aliphatic rings. The number of nitrogens with zero attached hydrogens (tertiary/aromatic N) is 1. The van der Waals surface area contributed by atoms with Gasteiger partial charge in [-0.15, -0.1) is 0 Å². The summed E-state index contributed by atoms with van der Waals surface area (Å²) in [6.07, 6.45) is 2.65. The van der Waals surface area contributed by atoms with Gasteiger partial charge in [0.2, 0.25) is 0 Å². The van der Waals surface area contributed by atoms with Crippen molar-refractivity contribution in [3.05, 3.63) is 82.1 Å². The first-order valence-corrected chi connectivity index (χ1v) is 11.2. The fourth-order valence-corrected chi connectivity index (χ4v) is 3.84. The van der Waals surface area contributed by atoms with Crippen LogP contribution in [-0.4, -0.2) is 40.4 Å². The molecule has 1 N–H and O–H groups in total. The number of benzene rings is 2. The van der Waals surface area contributed by atoms with Gasteiger partial charge in [-0.2, -0.15) is 0 Å². The average Bonchev–Trinajstić information content (AvgIpc) is 3.36. The Morgan fingerprint density at radius 3 is 2.43 bits per heavy atom.